The molecule has 2 aliphatic rings. The molecule has 4 heterocycles. The largest absolute Gasteiger partial charge is 0.368 e. The average Bonchev–Trinajstić information content (AvgIpc) is 3.85. The van der Waals surface area contributed by atoms with E-state index in [1.807, 2.05) is 26.0 Å². The van der Waals surface area contributed by atoms with Crippen LogP contribution < -0.4 is 15.5 Å². The van der Waals surface area contributed by atoms with E-state index < -0.39 is 17.2 Å². The van der Waals surface area contributed by atoms with E-state index in [0.717, 1.165) is 54.9 Å². The van der Waals surface area contributed by atoms with Crippen molar-refractivity contribution in [1.29, 1.82) is 0 Å². The number of benzene rings is 3. The summed E-state index contributed by atoms with van der Waals surface area (Å²) in [6.07, 6.45) is 5.86. The van der Waals surface area contributed by atoms with Crippen LogP contribution in [0.5, 0.6) is 0 Å². The average molecular weight is 673 g/mol. The van der Waals surface area contributed by atoms with Crippen molar-refractivity contribution in [2.45, 2.75) is 55.9 Å². The molecule has 2 saturated heterocycles. The molecule has 2 fully saturated rings. The maximum absolute atomic E-state index is 15.0. The van der Waals surface area contributed by atoms with E-state index in [2.05, 4.69) is 61.4 Å². The number of halogens is 2. The second kappa shape index (κ2) is 13.6. The molecular formula is C35H38F2N8O2S. The van der Waals surface area contributed by atoms with Crippen molar-refractivity contribution in [3.05, 3.63) is 113 Å². The molecular weight excluding hydrogens is 635 g/mol. The van der Waals surface area contributed by atoms with Gasteiger partial charge in [0.05, 0.1) is 24.4 Å². The molecule has 13 heteroatoms. The fraction of sp³-hybridized carbons (Fsp3) is 0.371. The first kappa shape index (κ1) is 32.1. The first-order valence-electron chi connectivity index (χ1n) is 16.2. The fourth-order valence-electron chi connectivity index (χ4n) is 6.62. The molecule has 3 aromatic carbocycles. The highest BCUT2D eigenvalue weighted by atomic mass is 32.2. The van der Waals surface area contributed by atoms with Gasteiger partial charge in [-0.25, -0.2) is 32.5 Å². The zero-order valence-corrected chi connectivity index (χ0v) is 27.8. The molecule has 2 aromatic heterocycles. The van der Waals surface area contributed by atoms with Crippen LogP contribution in [0.1, 0.15) is 38.3 Å². The molecule has 250 valence electrons. The summed E-state index contributed by atoms with van der Waals surface area (Å²) in [4.78, 5) is 22.6. The third-order valence-corrected chi connectivity index (χ3v) is 10.3. The molecule has 10 nitrogen and oxygen atoms in total. The van der Waals surface area contributed by atoms with Crippen molar-refractivity contribution < 1.29 is 13.5 Å². The summed E-state index contributed by atoms with van der Waals surface area (Å²) >= 11 is 1.72. The lowest BCUT2D eigenvalue weighted by Gasteiger charge is -2.37. The summed E-state index contributed by atoms with van der Waals surface area (Å²) in [7, 11) is 0. The zero-order valence-electron chi connectivity index (χ0n) is 27.0. The predicted octanol–water partition coefficient (Wildman–Crippen LogP) is 5.68. The quantitative estimate of drug-likeness (QED) is 0.175. The van der Waals surface area contributed by atoms with E-state index in [4.69, 9.17) is 4.74 Å². The molecule has 7 rings (SSSR count). The minimum atomic E-state index is -0.943. The van der Waals surface area contributed by atoms with Gasteiger partial charge in [-0.3, -0.25) is 0 Å². The van der Waals surface area contributed by atoms with Crippen molar-refractivity contribution in [2.24, 2.45) is 0 Å². The zero-order chi connectivity index (χ0) is 33.3. The lowest BCUT2D eigenvalue weighted by Crippen LogP contribution is -2.46. The first-order valence-corrected chi connectivity index (χ1v) is 17.2. The predicted molar refractivity (Wildman–Crippen MR) is 182 cm³/mol. The number of thioether (sulfide) groups is 1. The van der Waals surface area contributed by atoms with Crippen LogP contribution in [0.3, 0.4) is 0 Å². The lowest BCUT2D eigenvalue weighted by molar-refractivity contribution is -0.0530. The van der Waals surface area contributed by atoms with Crippen LogP contribution in [0.25, 0.3) is 5.69 Å². The highest BCUT2D eigenvalue weighted by Gasteiger charge is 2.44. The van der Waals surface area contributed by atoms with Gasteiger partial charge in [0.2, 0.25) is 0 Å². The van der Waals surface area contributed by atoms with Gasteiger partial charge in [0.1, 0.15) is 36.2 Å². The summed E-state index contributed by atoms with van der Waals surface area (Å²) in [5.41, 5.74) is 2.40. The van der Waals surface area contributed by atoms with Crippen molar-refractivity contribution in [1.82, 2.24) is 29.1 Å². The number of rotatable bonds is 10. The van der Waals surface area contributed by atoms with E-state index in [-0.39, 0.29) is 17.8 Å². The van der Waals surface area contributed by atoms with E-state index in [0.29, 0.717) is 24.3 Å². The number of ether oxygens (including phenoxy) is 1. The molecule has 2 aliphatic heterocycles. The Balaban J connectivity index is 0.929. The summed E-state index contributed by atoms with van der Waals surface area (Å²) in [6, 6.07) is 20.4. The van der Waals surface area contributed by atoms with Crippen molar-refractivity contribution in [2.75, 3.05) is 41.7 Å². The van der Waals surface area contributed by atoms with Gasteiger partial charge in [-0.05, 0) is 81.3 Å². The molecule has 5 aromatic rings. The van der Waals surface area contributed by atoms with Crippen LogP contribution in [0, 0.1) is 11.6 Å². The van der Waals surface area contributed by atoms with E-state index in [1.54, 1.807) is 33.7 Å². The maximum Gasteiger partial charge on any atom is 0.350 e. The Morgan fingerprint density at radius 1 is 0.896 bits per heavy atom. The molecule has 2 unspecified atom stereocenters. The highest BCUT2D eigenvalue weighted by molar-refractivity contribution is 7.99. The molecule has 0 aliphatic carbocycles. The maximum atomic E-state index is 15.0. The molecule has 2 atom stereocenters. The smallest absolute Gasteiger partial charge is 0.350 e. The minimum Gasteiger partial charge on any atom is -0.368 e. The second-order valence-corrected chi connectivity index (χ2v) is 13.7. The van der Waals surface area contributed by atoms with Crippen molar-refractivity contribution in [3.63, 3.8) is 0 Å². The number of hydrogen-bond acceptors (Lipinski definition) is 8. The van der Waals surface area contributed by atoms with Gasteiger partial charge in [-0.1, -0.05) is 6.07 Å². The second-order valence-electron chi connectivity index (χ2n) is 12.6. The number of nitrogens with zero attached hydrogens (tertiary/aromatic N) is 8. The van der Waals surface area contributed by atoms with Crippen LogP contribution in [-0.2, 0) is 16.9 Å². The lowest BCUT2D eigenvalue weighted by atomic mass is 9.90. The normalized spacial score (nSPS) is 19.8. The van der Waals surface area contributed by atoms with Gasteiger partial charge in [0.25, 0.3) is 0 Å². The Bertz CT molecular complexity index is 1890. The van der Waals surface area contributed by atoms with Gasteiger partial charge in [0.15, 0.2) is 0 Å². The Morgan fingerprint density at radius 3 is 2.17 bits per heavy atom. The number of piperazine rings is 1. The molecule has 0 saturated carbocycles. The van der Waals surface area contributed by atoms with Crippen LogP contribution in [0.4, 0.5) is 20.2 Å². The van der Waals surface area contributed by atoms with Crippen LogP contribution in [-0.4, -0.2) is 67.1 Å². The Morgan fingerprint density at radius 2 is 1.56 bits per heavy atom. The summed E-state index contributed by atoms with van der Waals surface area (Å²) in [5.74, 6) is -0.505. The van der Waals surface area contributed by atoms with Gasteiger partial charge >= 0.3 is 5.69 Å². The van der Waals surface area contributed by atoms with Gasteiger partial charge in [-0.15, -0.1) is 11.8 Å². The highest BCUT2D eigenvalue weighted by Crippen LogP contribution is 2.43. The monoisotopic (exact) mass is 672 g/mol. The Kier molecular flexibility index (Phi) is 9.06. The van der Waals surface area contributed by atoms with Gasteiger partial charge in [-0.2, -0.15) is 10.2 Å². The van der Waals surface area contributed by atoms with Crippen LogP contribution in [0.15, 0.2) is 95.4 Å². The first-order chi connectivity index (χ1) is 23.3. The molecule has 0 bridgehead atoms. The topological polar surface area (TPSA) is 86.2 Å². The van der Waals surface area contributed by atoms with Crippen LogP contribution in [0.2, 0.25) is 0 Å². The number of hydrogen-bond donors (Lipinski definition) is 0. The van der Waals surface area contributed by atoms with E-state index in [1.165, 1.54) is 28.8 Å². The third kappa shape index (κ3) is 6.61. The molecule has 0 radical (unpaired) electrons. The van der Waals surface area contributed by atoms with E-state index in [9.17, 15) is 13.6 Å². The number of aromatic nitrogens is 6. The number of anilines is 2. The Hall–Kier alpha value is -4.49. The standard InChI is InChI=1S/C35H38F2N8O2S/c1-25(2)45-34(46)44(24-40-45)29-6-4-27(5-7-29)41-15-17-42(18-16-41)28-8-10-31(11-9-28)48-20-30-13-14-35(47-30,21-43-23-38-22-39-43)32-12-3-26(36)19-33(32)37/h3-12,19,22-25,30H,13-18,20-21H2,1-2H3. The molecule has 0 amide bonds. The molecule has 48 heavy (non-hydrogen) atoms. The molecule has 0 spiro atoms. The van der Waals surface area contributed by atoms with Crippen molar-refractivity contribution in [3.8, 4) is 5.69 Å². The SMILES string of the molecule is CC(C)n1ncn(-c2ccc(N3CCN(c4ccc(SCC5CCC(Cn6cncn6)(c6ccc(F)cc6F)O5)cc4)CC3)cc2)c1=O. The summed E-state index contributed by atoms with van der Waals surface area (Å²) in [5, 5.41) is 8.43. The van der Waals surface area contributed by atoms with Crippen LogP contribution >= 0.6 is 11.8 Å². The Labute approximate surface area is 282 Å². The van der Waals surface area contributed by atoms with Crippen molar-refractivity contribution >= 4 is 23.1 Å². The van der Waals surface area contributed by atoms with Gasteiger partial charge in [0, 0.05) is 59.8 Å². The fourth-order valence-corrected chi connectivity index (χ4v) is 7.56. The third-order valence-electron chi connectivity index (χ3n) is 9.16. The molecule has 0 N–H and O–H groups in total. The van der Waals surface area contributed by atoms with Gasteiger partial charge < -0.3 is 14.5 Å². The summed E-state index contributed by atoms with van der Waals surface area (Å²) in [6.45, 7) is 7.78. The minimum absolute atomic E-state index is 0.0114. The summed E-state index contributed by atoms with van der Waals surface area (Å²) < 4.78 is 39.9. The van der Waals surface area contributed by atoms with E-state index >= 15 is 0 Å².